The van der Waals surface area contributed by atoms with Crippen molar-refractivity contribution in [2.24, 2.45) is 5.73 Å². The van der Waals surface area contributed by atoms with Crippen molar-refractivity contribution in [3.63, 3.8) is 0 Å². The minimum atomic E-state index is -3.47. The molecule has 0 aliphatic rings. The summed E-state index contributed by atoms with van der Waals surface area (Å²) >= 11 is 4.86. The number of pyridine rings is 1. The van der Waals surface area contributed by atoms with Gasteiger partial charge in [0.2, 0.25) is 10.0 Å². The Bertz CT molecular complexity index is 729. The average molecular weight is 321 g/mol. The number of nitrogens with zero attached hydrogens (tertiary/aromatic N) is 2. The number of hydrogen-bond donors (Lipinski definition) is 1. The monoisotopic (exact) mass is 321 g/mol. The molecule has 0 aliphatic carbocycles. The molecule has 0 aliphatic heterocycles. The molecule has 0 radical (unpaired) electrons. The number of rotatable bonds is 5. The van der Waals surface area contributed by atoms with Gasteiger partial charge in [0.1, 0.15) is 4.99 Å². The van der Waals surface area contributed by atoms with Crippen LogP contribution in [0.4, 0.5) is 5.69 Å². The summed E-state index contributed by atoms with van der Waals surface area (Å²) in [5.74, 6) is -0.101. The lowest BCUT2D eigenvalue weighted by atomic mass is 10.1. The zero-order chi connectivity index (χ0) is 15.5. The first-order valence-electron chi connectivity index (χ1n) is 6.15. The third kappa shape index (κ3) is 3.77. The van der Waals surface area contributed by atoms with Gasteiger partial charge < -0.3 is 5.73 Å². The van der Waals surface area contributed by atoms with Crippen molar-refractivity contribution in [2.45, 2.75) is 5.75 Å². The standard InChI is InChI=1S/C14H15N3O2S2/c1-17(13-3-2-8-16-9-13)21(18,19)10-11-4-6-12(7-5-11)14(15)20/h2-9H,10H2,1H3,(H2,15,20). The minimum Gasteiger partial charge on any atom is -0.389 e. The van der Waals surface area contributed by atoms with Crippen molar-refractivity contribution >= 4 is 32.9 Å². The third-order valence-electron chi connectivity index (χ3n) is 3.01. The van der Waals surface area contributed by atoms with Crippen molar-refractivity contribution < 1.29 is 8.42 Å². The lowest BCUT2D eigenvalue weighted by molar-refractivity contribution is 0.593. The lowest BCUT2D eigenvalue weighted by Gasteiger charge is -2.19. The van der Waals surface area contributed by atoms with Gasteiger partial charge in [-0.25, -0.2) is 8.42 Å². The van der Waals surface area contributed by atoms with Crippen molar-refractivity contribution in [3.8, 4) is 0 Å². The molecule has 2 N–H and O–H groups in total. The summed E-state index contributed by atoms with van der Waals surface area (Å²) in [6.07, 6.45) is 3.10. The molecule has 1 aromatic heterocycles. The topological polar surface area (TPSA) is 76.3 Å². The molecule has 0 atom stereocenters. The van der Waals surface area contributed by atoms with Gasteiger partial charge >= 0.3 is 0 Å². The number of hydrogen-bond acceptors (Lipinski definition) is 4. The zero-order valence-corrected chi connectivity index (χ0v) is 13.1. The van der Waals surface area contributed by atoms with E-state index in [9.17, 15) is 8.42 Å². The molecule has 1 heterocycles. The zero-order valence-electron chi connectivity index (χ0n) is 11.4. The van der Waals surface area contributed by atoms with Gasteiger partial charge in [-0.05, 0) is 17.7 Å². The summed E-state index contributed by atoms with van der Waals surface area (Å²) in [5.41, 5.74) is 7.43. The fraction of sp³-hybridized carbons (Fsp3) is 0.143. The van der Waals surface area contributed by atoms with Crippen LogP contribution in [0.3, 0.4) is 0 Å². The maximum atomic E-state index is 12.4. The van der Waals surface area contributed by atoms with E-state index in [-0.39, 0.29) is 10.7 Å². The molecular formula is C14H15N3O2S2. The molecule has 0 saturated carbocycles. The van der Waals surface area contributed by atoms with Gasteiger partial charge in [0.25, 0.3) is 0 Å². The van der Waals surface area contributed by atoms with Crippen LogP contribution in [0.5, 0.6) is 0 Å². The first-order chi connectivity index (χ1) is 9.90. The van der Waals surface area contributed by atoms with E-state index in [0.717, 1.165) is 0 Å². The Labute approximate surface area is 129 Å². The number of benzene rings is 1. The molecule has 1 aromatic carbocycles. The highest BCUT2D eigenvalue weighted by molar-refractivity contribution is 7.92. The summed E-state index contributed by atoms with van der Waals surface area (Å²) in [4.78, 5) is 4.21. The van der Waals surface area contributed by atoms with E-state index in [0.29, 0.717) is 16.8 Å². The predicted octanol–water partition coefficient (Wildman–Crippen LogP) is 1.68. The second-order valence-electron chi connectivity index (χ2n) is 4.50. The maximum absolute atomic E-state index is 12.4. The van der Waals surface area contributed by atoms with Crippen LogP contribution in [0.2, 0.25) is 0 Å². The molecule has 0 unspecified atom stereocenters. The molecule has 2 rings (SSSR count). The van der Waals surface area contributed by atoms with Crippen LogP contribution in [0.1, 0.15) is 11.1 Å². The van der Waals surface area contributed by atoms with Gasteiger partial charge in [-0.1, -0.05) is 36.5 Å². The van der Waals surface area contributed by atoms with E-state index < -0.39 is 10.0 Å². The Balaban J connectivity index is 2.19. The second kappa shape index (κ2) is 6.19. The van der Waals surface area contributed by atoms with E-state index in [1.807, 2.05) is 0 Å². The highest BCUT2D eigenvalue weighted by Crippen LogP contribution is 2.17. The van der Waals surface area contributed by atoms with Crippen molar-refractivity contribution in [1.29, 1.82) is 0 Å². The smallest absolute Gasteiger partial charge is 0.239 e. The number of thiocarbonyl (C=S) groups is 1. The lowest BCUT2D eigenvalue weighted by Crippen LogP contribution is -2.27. The van der Waals surface area contributed by atoms with Gasteiger partial charge in [0.15, 0.2) is 0 Å². The fourth-order valence-corrected chi connectivity index (χ4v) is 3.15. The minimum absolute atomic E-state index is 0.101. The van der Waals surface area contributed by atoms with Crippen LogP contribution in [0.25, 0.3) is 0 Å². The molecular weight excluding hydrogens is 306 g/mol. The highest BCUT2D eigenvalue weighted by Gasteiger charge is 2.19. The summed E-state index contributed by atoms with van der Waals surface area (Å²) in [5, 5.41) is 0. The Morgan fingerprint density at radius 3 is 2.48 bits per heavy atom. The van der Waals surface area contributed by atoms with Crippen LogP contribution in [0.15, 0.2) is 48.8 Å². The summed E-state index contributed by atoms with van der Waals surface area (Å²) in [6, 6.07) is 10.2. The molecule has 2 aromatic rings. The third-order valence-corrected chi connectivity index (χ3v) is 4.99. The maximum Gasteiger partial charge on any atom is 0.239 e. The predicted molar refractivity (Wildman–Crippen MR) is 87.6 cm³/mol. The Morgan fingerprint density at radius 2 is 1.95 bits per heavy atom. The average Bonchev–Trinajstić information content (AvgIpc) is 2.47. The molecule has 7 heteroatoms. The summed E-state index contributed by atoms with van der Waals surface area (Å²) < 4.78 is 26.0. The molecule has 0 saturated heterocycles. The molecule has 0 amide bonds. The van der Waals surface area contributed by atoms with E-state index in [4.69, 9.17) is 18.0 Å². The fourth-order valence-electron chi connectivity index (χ4n) is 1.77. The largest absolute Gasteiger partial charge is 0.389 e. The van der Waals surface area contributed by atoms with E-state index in [1.54, 1.807) is 42.6 Å². The molecule has 0 bridgehead atoms. The summed E-state index contributed by atoms with van der Waals surface area (Å²) in [6.45, 7) is 0. The van der Waals surface area contributed by atoms with Crippen molar-refractivity contribution in [2.75, 3.05) is 11.4 Å². The van der Waals surface area contributed by atoms with Gasteiger partial charge in [-0.15, -0.1) is 0 Å². The van der Waals surface area contributed by atoms with Gasteiger partial charge in [0, 0.05) is 18.8 Å². The van der Waals surface area contributed by atoms with E-state index in [1.165, 1.54) is 17.5 Å². The quantitative estimate of drug-likeness (QED) is 0.848. The number of aromatic nitrogens is 1. The number of anilines is 1. The molecule has 0 spiro atoms. The van der Waals surface area contributed by atoms with Gasteiger partial charge in [-0.3, -0.25) is 9.29 Å². The van der Waals surface area contributed by atoms with Crippen LogP contribution in [-0.2, 0) is 15.8 Å². The molecule has 0 fully saturated rings. The van der Waals surface area contributed by atoms with Crippen LogP contribution < -0.4 is 10.0 Å². The van der Waals surface area contributed by atoms with Crippen LogP contribution >= 0.6 is 12.2 Å². The molecule has 110 valence electrons. The van der Waals surface area contributed by atoms with Crippen molar-refractivity contribution in [3.05, 3.63) is 59.9 Å². The first-order valence-corrected chi connectivity index (χ1v) is 8.17. The van der Waals surface area contributed by atoms with Gasteiger partial charge in [0.05, 0.1) is 17.6 Å². The summed E-state index contributed by atoms with van der Waals surface area (Å²) in [7, 11) is -1.96. The highest BCUT2D eigenvalue weighted by atomic mass is 32.2. The molecule has 5 nitrogen and oxygen atoms in total. The second-order valence-corrected chi connectivity index (χ2v) is 6.94. The Kier molecular flexibility index (Phi) is 4.54. The Hall–Kier alpha value is -1.99. The Morgan fingerprint density at radius 1 is 1.29 bits per heavy atom. The first kappa shape index (κ1) is 15.4. The normalized spacial score (nSPS) is 11.1. The van der Waals surface area contributed by atoms with Gasteiger partial charge in [-0.2, -0.15) is 0 Å². The van der Waals surface area contributed by atoms with Crippen molar-refractivity contribution in [1.82, 2.24) is 4.98 Å². The number of sulfonamides is 1. The molecule has 21 heavy (non-hydrogen) atoms. The van der Waals surface area contributed by atoms with E-state index >= 15 is 0 Å². The van der Waals surface area contributed by atoms with Crippen LogP contribution in [-0.4, -0.2) is 25.4 Å². The van der Waals surface area contributed by atoms with Crippen LogP contribution in [0, 0.1) is 0 Å². The van der Waals surface area contributed by atoms with E-state index in [2.05, 4.69) is 4.98 Å². The SMILES string of the molecule is CN(c1cccnc1)S(=O)(=O)Cc1ccc(C(N)=S)cc1. The number of nitrogens with two attached hydrogens (primary N) is 1.